The van der Waals surface area contributed by atoms with Crippen LogP contribution in [0.3, 0.4) is 0 Å². The standard InChI is InChI=1S/C13H19ClN4/c14-11-7-16-8-12(17-11)18-6-2-4-13(10-18)3-1-5-15-9-13/h7-8,15H,1-6,9-10H2. The van der Waals surface area contributed by atoms with E-state index in [0.29, 0.717) is 10.6 Å². The Morgan fingerprint density at radius 2 is 2.17 bits per heavy atom. The molecule has 0 amide bonds. The van der Waals surface area contributed by atoms with E-state index in [2.05, 4.69) is 20.2 Å². The molecule has 1 unspecified atom stereocenters. The van der Waals surface area contributed by atoms with Gasteiger partial charge >= 0.3 is 0 Å². The van der Waals surface area contributed by atoms with E-state index in [1.807, 2.05) is 6.20 Å². The highest BCUT2D eigenvalue weighted by atomic mass is 35.5. The second-order valence-electron chi connectivity index (χ2n) is 5.51. The molecule has 1 aromatic rings. The largest absolute Gasteiger partial charge is 0.355 e. The molecule has 3 rings (SSSR count). The summed E-state index contributed by atoms with van der Waals surface area (Å²) in [6, 6.07) is 0. The summed E-state index contributed by atoms with van der Waals surface area (Å²) in [5, 5.41) is 4.02. The van der Waals surface area contributed by atoms with E-state index in [1.165, 1.54) is 32.2 Å². The Morgan fingerprint density at radius 1 is 1.28 bits per heavy atom. The van der Waals surface area contributed by atoms with Gasteiger partial charge in [0.15, 0.2) is 0 Å². The molecule has 1 spiro atoms. The molecule has 2 fully saturated rings. The minimum Gasteiger partial charge on any atom is -0.355 e. The van der Waals surface area contributed by atoms with Crippen LogP contribution in [0.2, 0.25) is 5.15 Å². The van der Waals surface area contributed by atoms with Crippen LogP contribution in [-0.2, 0) is 0 Å². The highest BCUT2D eigenvalue weighted by molar-refractivity contribution is 6.29. The molecule has 0 bridgehead atoms. The number of hydrogen-bond acceptors (Lipinski definition) is 4. The third kappa shape index (κ3) is 2.45. The van der Waals surface area contributed by atoms with Crippen molar-refractivity contribution in [2.24, 2.45) is 5.41 Å². The smallest absolute Gasteiger partial charge is 0.149 e. The molecular formula is C13H19ClN4. The number of hydrogen-bond donors (Lipinski definition) is 1. The van der Waals surface area contributed by atoms with Crippen molar-refractivity contribution in [2.45, 2.75) is 25.7 Å². The lowest BCUT2D eigenvalue weighted by molar-refractivity contribution is 0.173. The first-order valence-electron chi connectivity index (χ1n) is 6.71. The fourth-order valence-electron chi connectivity index (χ4n) is 3.27. The summed E-state index contributed by atoms with van der Waals surface area (Å²) in [6.07, 6.45) is 8.58. The van der Waals surface area contributed by atoms with Gasteiger partial charge in [0.05, 0.1) is 12.4 Å². The van der Waals surface area contributed by atoms with E-state index < -0.39 is 0 Å². The van der Waals surface area contributed by atoms with Gasteiger partial charge in [0, 0.05) is 25.0 Å². The van der Waals surface area contributed by atoms with Crippen LogP contribution < -0.4 is 10.2 Å². The molecule has 98 valence electrons. The Labute approximate surface area is 113 Å². The van der Waals surface area contributed by atoms with Crippen molar-refractivity contribution < 1.29 is 0 Å². The van der Waals surface area contributed by atoms with Crippen molar-refractivity contribution in [3.63, 3.8) is 0 Å². The zero-order valence-electron chi connectivity index (χ0n) is 10.5. The highest BCUT2D eigenvalue weighted by Gasteiger charge is 2.36. The summed E-state index contributed by atoms with van der Waals surface area (Å²) in [7, 11) is 0. The maximum Gasteiger partial charge on any atom is 0.149 e. The number of anilines is 1. The molecule has 2 aliphatic heterocycles. The monoisotopic (exact) mass is 266 g/mol. The van der Waals surface area contributed by atoms with Crippen molar-refractivity contribution in [3.8, 4) is 0 Å². The average molecular weight is 267 g/mol. The fraction of sp³-hybridized carbons (Fsp3) is 0.692. The second kappa shape index (κ2) is 5.02. The van der Waals surface area contributed by atoms with Crippen LogP contribution in [0.1, 0.15) is 25.7 Å². The molecule has 2 saturated heterocycles. The number of halogens is 1. The second-order valence-corrected chi connectivity index (χ2v) is 5.89. The van der Waals surface area contributed by atoms with Gasteiger partial charge in [-0.05, 0) is 32.2 Å². The number of rotatable bonds is 1. The molecule has 1 atom stereocenters. The Balaban J connectivity index is 1.77. The molecule has 2 aliphatic rings. The van der Waals surface area contributed by atoms with E-state index in [-0.39, 0.29) is 0 Å². The van der Waals surface area contributed by atoms with Gasteiger partial charge in [-0.2, -0.15) is 0 Å². The van der Waals surface area contributed by atoms with Gasteiger partial charge in [0.2, 0.25) is 0 Å². The minimum atomic E-state index is 0.431. The number of aromatic nitrogens is 2. The summed E-state index contributed by atoms with van der Waals surface area (Å²) in [5.74, 6) is 0.923. The first-order valence-corrected chi connectivity index (χ1v) is 7.09. The third-order valence-corrected chi connectivity index (χ3v) is 4.32. The van der Waals surface area contributed by atoms with Gasteiger partial charge in [-0.15, -0.1) is 0 Å². The van der Waals surface area contributed by atoms with E-state index in [1.54, 1.807) is 6.20 Å². The van der Waals surface area contributed by atoms with Crippen LogP contribution in [-0.4, -0.2) is 36.1 Å². The van der Waals surface area contributed by atoms with Crippen LogP contribution in [0.4, 0.5) is 5.82 Å². The maximum absolute atomic E-state index is 5.93. The van der Waals surface area contributed by atoms with Crippen LogP contribution in [0.25, 0.3) is 0 Å². The van der Waals surface area contributed by atoms with Gasteiger partial charge in [-0.3, -0.25) is 4.98 Å². The maximum atomic E-state index is 5.93. The predicted octanol–water partition coefficient (Wildman–Crippen LogP) is 2.10. The first kappa shape index (κ1) is 12.2. The lowest BCUT2D eigenvalue weighted by atomic mass is 9.74. The summed E-state index contributed by atoms with van der Waals surface area (Å²) in [6.45, 7) is 4.45. The van der Waals surface area contributed by atoms with Crippen molar-refractivity contribution in [3.05, 3.63) is 17.5 Å². The predicted molar refractivity (Wildman–Crippen MR) is 73.0 cm³/mol. The topological polar surface area (TPSA) is 41.1 Å². The third-order valence-electron chi connectivity index (χ3n) is 4.14. The lowest BCUT2D eigenvalue weighted by Gasteiger charge is -2.45. The zero-order valence-corrected chi connectivity index (χ0v) is 11.3. The van der Waals surface area contributed by atoms with Gasteiger partial charge in [-0.1, -0.05) is 11.6 Å². The molecule has 0 aromatic carbocycles. The zero-order chi connectivity index (χ0) is 12.4. The molecule has 18 heavy (non-hydrogen) atoms. The summed E-state index contributed by atoms with van der Waals surface area (Å²) in [4.78, 5) is 10.9. The van der Waals surface area contributed by atoms with Crippen molar-refractivity contribution in [2.75, 3.05) is 31.1 Å². The average Bonchev–Trinajstić information content (AvgIpc) is 2.40. The van der Waals surface area contributed by atoms with Crippen molar-refractivity contribution >= 4 is 17.4 Å². The van der Waals surface area contributed by atoms with Gasteiger partial charge in [0.25, 0.3) is 0 Å². The SMILES string of the molecule is Clc1cncc(N2CCCC3(CCCNC3)C2)n1. The van der Waals surface area contributed by atoms with Crippen LogP contribution in [0.5, 0.6) is 0 Å². The Kier molecular flexibility index (Phi) is 3.39. The summed E-state index contributed by atoms with van der Waals surface area (Å²) >= 11 is 5.93. The molecule has 3 heterocycles. The van der Waals surface area contributed by atoms with Crippen LogP contribution in [0.15, 0.2) is 12.4 Å². The minimum absolute atomic E-state index is 0.431. The quantitative estimate of drug-likeness (QED) is 0.845. The van der Waals surface area contributed by atoms with Gasteiger partial charge in [0.1, 0.15) is 11.0 Å². The van der Waals surface area contributed by atoms with E-state index in [0.717, 1.165) is 25.5 Å². The van der Waals surface area contributed by atoms with Gasteiger partial charge in [-0.25, -0.2) is 4.98 Å². The van der Waals surface area contributed by atoms with E-state index >= 15 is 0 Å². The lowest BCUT2D eigenvalue weighted by Crippen LogP contribution is -2.51. The summed E-state index contributed by atoms with van der Waals surface area (Å²) in [5.41, 5.74) is 0.431. The molecule has 0 radical (unpaired) electrons. The fourth-order valence-corrected chi connectivity index (χ4v) is 3.41. The van der Waals surface area contributed by atoms with Crippen molar-refractivity contribution in [1.82, 2.24) is 15.3 Å². The molecule has 1 N–H and O–H groups in total. The molecule has 5 heteroatoms. The molecular weight excluding hydrogens is 248 g/mol. The van der Waals surface area contributed by atoms with Crippen LogP contribution in [0, 0.1) is 5.41 Å². The molecule has 4 nitrogen and oxygen atoms in total. The Hall–Kier alpha value is -0.870. The summed E-state index contributed by atoms with van der Waals surface area (Å²) < 4.78 is 0. The number of nitrogens with one attached hydrogen (secondary N) is 1. The van der Waals surface area contributed by atoms with Crippen LogP contribution >= 0.6 is 11.6 Å². The molecule has 1 aromatic heterocycles. The molecule has 0 saturated carbocycles. The van der Waals surface area contributed by atoms with E-state index in [4.69, 9.17) is 11.6 Å². The Morgan fingerprint density at radius 3 is 2.94 bits per heavy atom. The van der Waals surface area contributed by atoms with E-state index in [9.17, 15) is 0 Å². The normalized spacial score (nSPS) is 28.6. The number of piperidine rings is 2. The Bertz CT molecular complexity index is 412. The van der Waals surface area contributed by atoms with Crippen molar-refractivity contribution in [1.29, 1.82) is 0 Å². The first-order chi connectivity index (χ1) is 8.77. The van der Waals surface area contributed by atoms with Gasteiger partial charge < -0.3 is 10.2 Å². The molecule has 0 aliphatic carbocycles. The highest BCUT2D eigenvalue weighted by Crippen LogP contribution is 2.37. The number of nitrogens with zero attached hydrogens (tertiary/aromatic N) is 3.